The molecular formula is C31H21ClN4O5S3. The third-order valence-corrected chi connectivity index (χ3v) is 11.9. The number of anilines is 2. The van der Waals surface area contributed by atoms with Crippen LogP contribution in [0.5, 0.6) is 0 Å². The number of rotatable bonds is 7. The lowest BCUT2D eigenvalue weighted by atomic mass is 10.1. The van der Waals surface area contributed by atoms with Crippen molar-refractivity contribution in [1.82, 2.24) is 4.98 Å². The van der Waals surface area contributed by atoms with E-state index in [1.165, 1.54) is 66.7 Å². The van der Waals surface area contributed by atoms with Crippen LogP contribution in [0.4, 0.5) is 11.4 Å². The van der Waals surface area contributed by atoms with Crippen molar-refractivity contribution in [2.45, 2.75) is 9.79 Å². The number of sulfonamides is 2. The molecule has 44 heavy (non-hydrogen) atoms. The molecule has 220 valence electrons. The summed E-state index contributed by atoms with van der Waals surface area (Å²) in [5.74, 6) is -0.476. The van der Waals surface area contributed by atoms with Gasteiger partial charge in [0.15, 0.2) is 5.17 Å². The summed E-state index contributed by atoms with van der Waals surface area (Å²) in [7, 11) is -9.23. The Labute approximate surface area is 263 Å². The van der Waals surface area contributed by atoms with E-state index in [1.54, 1.807) is 24.4 Å². The summed E-state index contributed by atoms with van der Waals surface area (Å²) in [6.07, 6.45) is 3.41. The smallest absolute Gasteiger partial charge is 0.286 e. The normalized spacial score (nSPS) is 14.5. The number of aliphatic imine (C=N–C) groups is 1. The second-order valence-electron chi connectivity index (χ2n) is 9.41. The van der Waals surface area contributed by atoms with Gasteiger partial charge in [-0.2, -0.15) is 8.70 Å². The highest BCUT2D eigenvalue weighted by Crippen LogP contribution is 2.37. The van der Waals surface area contributed by atoms with Gasteiger partial charge in [-0.05, 0) is 84.1 Å². The van der Waals surface area contributed by atoms with Gasteiger partial charge in [-0.3, -0.25) is 9.78 Å². The number of halogens is 1. The van der Waals surface area contributed by atoms with Gasteiger partial charge in [0.25, 0.3) is 26.0 Å². The van der Waals surface area contributed by atoms with Crippen LogP contribution in [0.2, 0.25) is 5.02 Å². The molecule has 6 rings (SSSR count). The average molecular weight is 661 g/mol. The van der Waals surface area contributed by atoms with Crippen molar-refractivity contribution in [3.8, 4) is 0 Å². The minimum absolute atomic E-state index is 0.151. The van der Waals surface area contributed by atoms with E-state index >= 15 is 0 Å². The first-order valence-electron chi connectivity index (χ1n) is 13.0. The van der Waals surface area contributed by atoms with Gasteiger partial charge < -0.3 is 5.32 Å². The molecule has 1 N–H and O–H groups in total. The first-order valence-corrected chi connectivity index (χ1v) is 17.0. The molecule has 1 aliphatic heterocycles. The van der Waals surface area contributed by atoms with Crippen molar-refractivity contribution in [3.05, 3.63) is 131 Å². The zero-order chi connectivity index (χ0) is 30.9. The van der Waals surface area contributed by atoms with Crippen molar-refractivity contribution in [3.63, 3.8) is 0 Å². The summed E-state index contributed by atoms with van der Waals surface area (Å²) in [4.78, 5) is 21.0. The van der Waals surface area contributed by atoms with E-state index in [2.05, 4.69) is 15.3 Å². The van der Waals surface area contributed by atoms with Crippen LogP contribution >= 0.6 is 23.4 Å². The highest BCUT2D eigenvalue weighted by molar-refractivity contribution is 8.18. The molecule has 0 saturated carbocycles. The van der Waals surface area contributed by atoms with Crippen LogP contribution in [0.3, 0.4) is 0 Å². The van der Waals surface area contributed by atoms with Gasteiger partial charge in [-0.1, -0.05) is 60.1 Å². The van der Waals surface area contributed by atoms with E-state index in [9.17, 15) is 21.6 Å². The molecule has 0 fully saturated rings. The van der Waals surface area contributed by atoms with Crippen LogP contribution in [-0.2, 0) is 24.8 Å². The fraction of sp³-hybridized carbons (Fsp3) is 0. The van der Waals surface area contributed by atoms with Crippen LogP contribution in [0.25, 0.3) is 17.0 Å². The number of carbonyl (C=O) groups excluding carboxylic acids is 1. The van der Waals surface area contributed by atoms with Gasteiger partial charge >= 0.3 is 0 Å². The van der Waals surface area contributed by atoms with Crippen LogP contribution in [-0.4, -0.2) is 32.9 Å². The number of hydrogen-bond donors (Lipinski definition) is 1. The fourth-order valence-corrected chi connectivity index (χ4v) is 9.13. The predicted molar refractivity (Wildman–Crippen MR) is 175 cm³/mol. The van der Waals surface area contributed by atoms with Crippen molar-refractivity contribution in [1.29, 1.82) is 0 Å². The van der Waals surface area contributed by atoms with Crippen LogP contribution in [0.1, 0.15) is 5.56 Å². The first kappa shape index (κ1) is 29.6. The molecule has 9 nitrogen and oxygen atoms in total. The van der Waals surface area contributed by atoms with E-state index in [0.717, 1.165) is 28.2 Å². The first-order chi connectivity index (χ1) is 21.1. The largest absolute Gasteiger partial charge is 0.333 e. The van der Waals surface area contributed by atoms with E-state index in [1.807, 2.05) is 30.3 Å². The lowest BCUT2D eigenvalue weighted by Crippen LogP contribution is -2.37. The zero-order valence-corrected chi connectivity index (χ0v) is 25.7. The van der Waals surface area contributed by atoms with Gasteiger partial charge in [0.2, 0.25) is 0 Å². The van der Waals surface area contributed by atoms with E-state index in [-0.39, 0.29) is 31.4 Å². The molecule has 13 heteroatoms. The van der Waals surface area contributed by atoms with Gasteiger partial charge in [-0.15, -0.1) is 0 Å². The maximum absolute atomic E-state index is 13.8. The topological polar surface area (TPSA) is 126 Å². The standard InChI is InChI=1S/C31H21ClN4O5S3/c32-26-15-14-23(36(43(38,39)24-9-3-1-4-10-24)44(40,41)25-11-5-2-6-12-25)20-28(26)34-31-35-30(37)29(42-31)19-21-13-16-27-22(18-21)8-7-17-33-27/h1-20H,(H,34,35,37). The quantitative estimate of drug-likeness (QED) is 0.195. The molecule has 0 saturated heterocycles. The summed E-state index contributed by atoms with van der Waals surface area (Å²) in [6, 6.07) is 27.8. The molecule has 0 unspecified atom stereocenters. The van der Waals surface area contributed by atoms with Crippen LogP contribution < -0.4 is 9.03 Å². The number of nitrogens with one attached hydrogen (secondary N) is 1. The molecule has 0 spiro atoms. The second-order valence-corrected chi connectivity index (χ2v) is 14.7. The Morgan fingerprint density at radius 2 is 1.43 bits per heavy atom. The summed E-state index contributed by atoms with van der Waals surface area (Å²) in [5, 5.41) is 4.21. The molecular weight excluding hydrogens is 640 g/mol. The molecule has 1 aliphatic rings. The maximum Gasteiger partial charge on any atom is 0.286 e. The molecule has 4 aromatic carbocycles. The predicted octanol–water partition coefficient (Wildman–Crippen LogP) is 6.55. The molecule has 1 amide bonds. The summed E-state index contributed by atoms with van der Waals surface area (Å²) in [6.45, 7) is 0. The Hall–Kier alpha value is -4.49. The third kappa shape index (κ3) is 5.84. The Bertz CT molecular complexity index is 2120. The molecule has 0 atom stereocenters. The molecule has 1 aromatic heterocycles. The molecule has 2 heterocycles. The van der Waals surface area contributed by atoms with Gasteiger partial charge in [0.1, 0.15) is 0 Å². The SMILES string of the molecule is O=C1N=C(Nc2cc(N(S(=O)(=O)c3ccccc3)S(=O)(=O)c3ccccc3)ccc2Cl)SC1=Cc1ccc2ncccc2c1. The van der Waals surface area contributed by atoms with E-state index in [0.29, 0.717) is 8.62 Å². The van der Waals surface area contributed by atoms with Crippen molar-refractivity contribution < 1.29 is 21.6 Å². The number of carbonyl (C=O) groups is 1. The monoisotopic (exact) mass is 660 g/mol. The summed E-state index contributed by atoms with van der Waals surface area (Å²) in [5.41, 5.74) is 1.56. The number of benzene rings is 4. The van der Waals surface area contributed by atoms with Crippen molar-refractivity contribution >= 4 is 82.8 Å². The Morgan fingerprint density at radius 1 is 0.773 bits per heavy atom. The van der Waals surface area contributed by atoms with E-state index in [4.69, 9.17) is 11.6 Å². The zero-order valence-electron chi connectivity index (χ0n) is 22.5. The fourth-order valence-electron chi connectivity index (χ4n) is 4.42. The number of amidine groups is 1. The number of fused-ring (bicyclic) bond motifs is 1. The third-order valence-electron chi connectivity index (χ3n) is 6.47. The van der Waals surface area contributed by atoms with Gasteiger partial charge in [0, 0.05) is 11.6 Å². The Balaban J connectivity index is 1.34. The molecule has 5 aromatic rings. The lowest BCUT2D eigenvalue weighted by Gasteiger charge is -2.25. The number of thioether (sulfide) groups is 1. The average Bonchev–Trinajstić information content (AvgIpc) is 3.37. The van der Waals surface area contributed by atoms with Gasteiger partial charge in [-0.25, -0.2) is 16.8 Å². The molecule has 0 aliphatic carbocycles. The van der Waals surface area contributed by atoms with E-state index < -0.39 is 26.0 Å². The lowest BCUT2D eigenvalue weighted by molar-refractivity contribution is -0.113. The minimum atomic E-state index is -4.61. The second kappa shape index (κ2) is 11.9. The van der Waals surface area contributed by atoms with Crippen molar-refractivity contribution in [2.75, 3.05) is 9.03 Å². The Kier molecular flexibility index (Phi) is 7.99. The number of hydrogen-bond acceptors (Lipinski definition) is 8. The highest BCUT2D eigenvalue weighted by Gasteiger charge is 2.37. The van der Waals surface area contributed by atoms with Crippen LogP contribution in [0.15, 0.2) is 135 Å². The maximum atomic E-state index is 13.8. The highest BCUT2D eigenvalue weighted by atomic mass is 35.5. The molecule has 0 bridgehead atoms. The number of pyridine rings is 1. The number of aromatic nitrogens is 1. The number of amides is 1. The summed E-state index contributed by atoms with van der Waals surface area (Å²) >= 11 is 7.52. The number of nitrogens with zero attached hydrogens (tertiary/aromatic N) is 3. The van der Waals surface area contributed by atoms with Crippen LogP contribution in [0, 0.1) is 0 Å². The van der Waals surface area contributed by atoms with Gasteiger partial charge in [0.05, 0.1) is 36.6 Å². The minimum Gasteiger partial charge on any atom is -0.333 e. The Morgan fingerprint density at radius 3 is 2.09 bits per heavy atom. The molecule has 0 radical (unpaired) electrons. The summed E-state index contributed by atoms with van der Waals surface area (Å²) < 4.78 is 55.8. The van der Waals surface area contributed by atoms with Crippen molar-refractivity contribution in [2.24, 2.45) is 4.99 Å².